The van der Waals surface area contributed by atoms with Crippen molar-refractivity contribution < 1.29 is 24.6 Å². The van der Waals surface area contributed by atoms with Crippen LogP contribution in [0.3, 0.4) is 0 Å². The van der Waals surface area contributed by atoms with Gasteiger partial charge in [0, 0.05) is 13.0 Å². The molecule has 4 N–H and O–H groups in total. The van der Waals surface area contributed by atoms with E-state index >= 15 is 0 Å². The van der Waals surface area contributed by atoms with Gasteiger partial charge in [0.2, 0.25) is 5.91 Å². The van der Waals surface area contributed by atoms with Gasteiger partial charge in [-0.3, -0.25) is 14.4 Å². The van der Waals surface area contributed by atoms with Crippen molar-refractivity contribution in [3.8, 4) is 0 Å². The van der Waals surface area contributed by atoms with Crippen LogP contribution in [0.15, 0.2) is 0 Å². The molecule has 0 spiro atoms. The van der Waals surface area contributed by atoms with Crippen LogP contribution < -0.4 is 10.6 Å². The number of nitrogens with one attached hydrogen (secondary N) is 2. The summed E-state index contributed by atoms with van der Waals surface area (Å²) in [7, 11) is 1.59. The molecule has 0 saturated heterocycles. The van der Waals surface area contributed by atoms with Crippen molar-refractivity contribution in [2.75, 3.05) is 13.6 Å². The average Bonchev–Trinajstić information content (AvgIpc) is 2.30. The summed E-state index contributed by atoms with van der Waals surface area (Å²) in [6.07, 6.45) is 1.65. The molecular formula is C11H20N2O5. The predicted octanol–water partition coefficient (Wildman–Crippen LogP) is -0.190. The summed E-state index contributed by atoms with van der Waals surface area (Å²) in [6, 6.07) is -0.562. The fraction of sp³-hybridized carbons (Fsp3) is 0.727. The van der Waals surface area contributed by atoms with Crippen LogP contribution in [0.2, 0.25) is 0 Å². The van der Waals surface area contributed by atoms with E-state index in [9.17, 15) is 14.4 Å². The maximum atomic E-state index is 11.1. The van der Waals surface area contributed by atoms with Crippen LogP contribution in [0.4, 0.5) is 0 Å². The molecule has 0 aliphatic rings. The van der Waals surface area contributed by atoms with Crippen LogP contribution in [-0.2, 0) is 14.4 Å². The number of hydrogen-bond donors (Lipinski definition) is 4. The van der Waals surface area contributed by atoms with E-state index in [1.807, 2.05) is 0 Å². The quantitative estimate of drug-likeness (QED) is 0.405. The first-order valence-corrected chi connectivity index (χ1v) is 5.86. The highest BCUT2D eigenvalue weighted by molar-refractivity contribution is 5.80. The van der Waals surface area contributed by atoms with Crippen LogP contribution in [0.1, 0.15) is 32.1 Å². The number of aliphatic carboxylic acids is 2. The van der Waals surface area contributed by atoms with E-state index in [4.69, 9.17) is 10.2 Å². The molecule has 7 heteroatoms. The molecule has 0 aromatic carbocycles. The zero-order valence-electron chi connectivity index (χ0n) is 10.4. The lowest BCUT2D eigenvalue weighted by atomic mass is 10.1. The van der Waals surface area contributed by atoms with Crippen molar-refractivity contribution in [3.05, 3.63) is 0 Å². The maximum Gasteiger partial charge on any atom is 0.320 e. The van der Waals surface area contributed by atoms with Gasteiger partial charge in [-0.15, -0.1) is 0 Å². The Hall–Kier alpha value is -1.63. The van der Waals surface area contributed by atoms with Gasteiger partial charge in [-0.05, 0) is 26.3 Å². The molecule has 0 saturated carbocycles. The number of likely N-dealkylation sites (N-methyl/N-ethyl adjacent to an activating group) is 1. The fourth-order valence-corrected chi connectivity index (χ4v) is 1.40. The van der Waals surface area contributed by atoms with Crippen molar-refractivity contribution in [2.45, 2.75) is 38.1 Å². The monoisotopic (exact) mass is 260 g/mol. The second kappa shape index (κ2) is 9.41. The third-order valence-electron chi connectivity index (χ3n) is 2.45. The summed E-state index contributed by atoms with van der Waals surface area (Å²) in [5, 5.41) is 22.4. The molecule has 104 valence electrons. The molecule has 0 aliphatic heterocycles. The van der Waals surface area contributed by atoms with Crippen molar-refractivity contribution in [1.29, 1.82) is 0 Å². The van der Waals surface area contributed by atoms with E-state index in [-0.39, 0.29) is 18.7 Å². The second-order valence-electron chi connectivity index (χ2n) is 3.92. The van der Waals surface area contributed by atoms with Crippen LogP contribution in [0.5, 0.6) is 0 Å². The van der Waals surface area contributed by atoms with Gasteiger partial charge >= 0.3 is 11.9 Å². The molecule has 0 aromatic heterocycles. The molecule has 1 unspecified atom stereocenters. The summed E-state index contributed by atoms with van der Waals surface area (Å²) in [5.41, 5.74) is 0. The average molecular weight is 260 g/mol. The Kier molecular flexibility index (Phi) is 8.55. The van der Waals surface area contributed by atoms with E-state index in [0.29, 0.717) is 25.8 Å². The summed E-state index contributed by atoms with van der Waals surface area (Å²) in [4.78, 5) is 32.0. The molecule has 0 radical (unpaired) electrons. The lowest BCUT2D eigenvalue weighted by Gasteiger charge is -2.10. The number of carbonyl (C=O) groups excluding carboxylic acids is 1. The molecular weight excluding hydrogens is 240 g/mol. The predicted molar refractivity (Wildman–Crippen MR) is 64.2 cm³/mol. The molecule has 1 amide bonds. The Morgan fingerprint density at radius 3 is 2.28 bits per heavy atom. The van der Waals surface area contributed by atoms with Gasteiger partial charge in [-0.2, -0.15) is 0 Å². The Morgan fingerprint density at radius 2 is 1.78 bits per heavy atom. The molecule has 1 atom stereocenters. The molecule has 0 heterocycles. The highest BCUT2D eigenvalue weighted by Gasteiger charge is 2.13. The van der Waals surface area contributed by atoms with E-state index in [1.165, 1.54) is 0 Å². The lowest BCUT2D eigenvalue weighted by molar-refractivity contribution is -0.139. The maximum absolute atomic E-state index is 11.1. The first kappa shape index (κ1) is 16.4. The lowest BCUT2D eigenvalue weighted by Crippen LogP contribution is -2.33. The number of rotatable bonds is 10. The highest BCUT2D eigenvalue weighted by atomic mass is 16.4. The van der Waals surface area contributed by atoms with Gasteiger partial charge in [0.25, 0.3) is 0 Å². The summed E-state index contributed by atoms with van der Waals surface area (Å²) in [6.45, 7) is 0.439. The third kappa shape index (κ3) is 8.51. The first-order valence-electron chi connectivity index (χ1n) is 5.86. The van der Waals surface area contributed by atoms with Gasteiger partial charge < -0.3 is 20.8 Å². The standard InChI is InChI=1S/C11H20N2O5/c1-12-8(11(17)18)4-2-3-7-13-9(14)5-6-10(15)16/h8,12H,2-7H2,1H3,(H,13,14)(H,15,16)(H,17,18). The van der Waals surface area contributed by atoms with Crippen LogP contribution in [-0.4, -0.2) is 47.7 Å². The first-order chi connectivity index (χ1) is 8.47. The fourth-order valence-electron chi connectivity index (χ4n) is 1.40. The highest BCUT2D eigenvalue weighted by Crippen LogP contribution is 2.00. The number of carboxylic acids is 2. The van der Waals surface area contributed by atoms with Gasteiger partial charge in [0.05, 0.1) is 6.42 Å². The summed E-state index contributed by atoms with van der Waals surface area (Å²) < 4.78 is 0. The Balaban J connectivity index is 3.53. The largest absolute Gasteiger partial charge is 0.481 e. The molecule has 0 rings (SSSR count). The zero-order valence-corrected chi connectivity index (χ0v) is 10.4. The Labute approximate surface area is 106 Å². The molecule has 0 bridgehead atoms. The minimum absolute atomic E-state index is 0.0242. The van der Waals surface area contributed by atoms with E-state index in [0.717, 1.165) is 0 Å². The third-order valence-corrected chi connectivity index (χ3v) is 2.45. The zero-order chi connectivity index (χ0) is 14.0. The van der Waals surface area contributed by atoms with Crippen LogP contribution >= 0.6 is 0 Å². The number of carboxylic acid groups (broad SMARTS) is 2. The minimum atomic E-state index is -0.997. The number of carbonyl (C=O) groups is 3. The van der Waals surface area contributed by atoms with Crippen molar-refractivity contribution in [1.82, 2.24) is 10.6 Å². The van der Waals surface area contributed by atoms with E-state index in [1.54, 1.807) is 7.05 Å². The van der Waals surface area contributed by atoms with Crippen molar-refractivity contribution in [3.63, 3.8) is 0 Å². The van der Waals surface area contributed by atoms with Crippen LogP contribution in [0, 0.1) is 0 Å². The van der Waals surface area contributed by atoms with Crippen LogP contribution in [0.25, 0.3) is 0 Å². The topological polar surface area (TPSA) is 116 Å². The van der Waals surface area contributed by atoms with E-state index in [2.05, 4.69) is 10.6 Å². The van der Waals surface area contributed by atoms with Crippen molar-refractivity contribution in [2.24, 2.45) is 0 Å². The minimum Gasteiger partial charge on any atom is -0.481 e. The van der Waals surface area contributed by atoms with Gasteiger partial charge in [-0.25, -0.2) is 0 Å². The summed E-state index contributed by atoms with van der Waals surface area (Å²) >= 11 is 0. The second-order valence-corrected chi connectivity index (χ2v) is 3.92. The normalized spacial score (nSPS) is 11.8. The summed E-state index contributed by atoms with van der Waals surface area (Å²) in [5.74, 6) is -2.17. The van der Waals surface area contributed by atoms with Gasteiger partial charge in [-0.1, -0.05) is 0 Å². The van der Waals surface area contributed by atoms with E-state index < -0.39 is 18.0 Å². The van der Waals surface area contributed by atoms with Gasteiger partial charge in [0.1, 0.15) is 6.04 Å². The molecule has 0 fully saturated rings. The smallest absolute Gasteiger partial charge is 0.320 e. The number of hydrogen-bond acceptors (Lipinski definition) is 4. The Bertz CT molecular complexity index is 293. The molecule has 7 nitrogen and oxygen atoms in total. The Morgan fingerprint density at radius 1 is 1.11 bits per heavy atom. The number of amides is 1. The van der Waals surface area contributed by atoms with Crippen molar-refractivity contribution >= 4 is 17.8 Å². The molecule has 0 aromatic rings. The SMILES string of the molecule is CNC(CCCCNC(=O)CCC(=O)O)C(=O)O. The molecule has 18 heavy (non-hydrogen) atoms. The number of unbranched alkanes of at least 4 members (excludes halogenated alkanes) is 1. The van der Waals surface area contributed by atoms with Gasteiger partial charge in [0.15, 0.2) is 0 Å². The molecule has 0 aliphatic carbocycles.